The van der Waals surface area contributed by atoms with E-state index in [0.717, 1.165) is 21.3 Å². The third-order valence-corrected chi connectivity index (χ3v) is 6.10. The van der Waals surface area contributed by atoms with Gasteiger partial charge in [0.15, 0.2) is 0 Å². The maximum absolute atomic E-state index is 11.4. The molecule has 0 atom stereocenters. The van der Waals surface area contributed by atoms with E-state index in [1.807, 2.05) is 24.3 Å². The lowest BCUT2D eigenvalue weighted by Gasteiger charge is -2.14. The van der Waals surface area contributed by atoms with E-state index in [0.29, 0.717) is 28.9 Å². The molecule has 0 unspecified atom stereocenters. The fourth-order valence-corrected chi connectivity index (χ4v) is 3.97. The van der Waals surface area contributed by atoms with Crippen molar-refractivity contribution >= 4 is 54.8 Å². The summed E-state index contributed by atoms with van der Waals surface area (Å²) < 4.78 is 29.6. The van der Waals surface area contributed by atoms with Gasteiger partial charge in [0.2, 0.25) is 10.0 Å². The Bertz CT molecular complexity index is 1120. The van der Waals surface area contributed by atoms with Crippen LogP contribution in [0.5, 0.6) is 5.75 Å². The Balaban J connectivity index is 1.71. The van der Waals surface area contributed by atoms with Gasteiger partial charge in [-0.2, -0.15) is 0 Å². The molecular formula is C20H17BrCl2N2O3S. The third-order valence-electron chi connectivity index (χ3n) is 4.09. The summed E-state index contributed by atoms with van der Waals surface area (Å²) in [5.41, 5.74) is 2.50. The lowest BCUT2D eigenvalue weighted by atomic mass is 10.2. The van der Waals surface area contributed by atoms with Crippen LogP contribution in [-0.4, -0.2) is 8.42 Å². The zero-order valence-corrected chi connectivity index (χ0v) is 18.9. The van der Waals surface area contributed by atoms with Crippen LogP contribution in [-0.2, 0) is 23.2 Å². The summed E-state index contributed by atoms with van der Waals surface area (Å²) in [6, 6.07) is 17.2. The van der Waals surface area contributed by atoms with E-state index < -0.39 is 10.0 Å². The molecule has 3 rings (SSSR count). The van der Waals surface area contributed by atoms with Crippen LogP contribution in [0.2, 0.25) is 10.0 Å². The summed E-state index contributed by atoms with van der Waals surface area (Å²) in [5.74, 6) is 0.702. The maximum Gasteiger partial charge on any atom is 0.238 e. The summed E-state index contributed by atoms with van der Waals surface area (Å²) in [4.78, 5) is 0.0642. The summed E-state index contributed by atoms with van der Waals surface area (Å²) in [6.45, 7) is 0.769. The highest BCUT2D eigenvalue weighted by atomic mass is 79.9. The van der Waals surface area contributed by atoms with Crippen LogP contribution in [0.4, 0.5) is 5.69 Å². The summed E-state index contributed by atoms with van der Waals surface area (Å²) in [5, 5.41) is 9.48. The van der Waals surface area contributed by atoms with Crippen molar-refractivity contribution in [2.75, 3.05) is 5.32 Å². The van der Waals surface area contributed by atoms with Gasteiger partial charge in [-0.3, -0.25) is 0 Å². The number of halogens is 3. The van der Waals surface area contributed by atoms with Crippen LogP contribution in [0, 0.1) is 0 Å². The SMILES string of the molecule is NS(=O)(=O)c1ccc(NCc2cc(Br)ccc2OCc2ccc(Cl)cc2Cl)cc1. The van der Waals surface area contributed by atoms with Crippen LogP contribution in [0.15, 0.2) is 70.0 Å². The summed E-state index contributed by atoms with van der Waals surface area (Å²) >= 11 is 15.6. The Labute approximate surface area is 188 Å². The number of sulfonamides is 1. The average Bonchev–Trinajstić information content (AvgIpc) is 2.66. The number of nitrogens with one attached hydrogen (secondary N) is 1. The van der Waals surface area contributed by atoms with Crippen LogP contribution >= 0.6 is 39.1 Å². The summed E-state index contributed by atoms with van der Waals surface area (Å²) in [7, 11) is -3.71. The fourth-order valence-electron chi connectivity index (χ4n) is 2.58. The quantitative estimate of drug-likeness (QED) is 0.429. The largest absolute Gasteiger partial charge is 0.488 e. The van der Waals surface area contributed by atoms with Gasteiger partial charge < -0.3 is 10.1 Å². The van der Waals surface area contributed by atoms with Gasteiger partial charge in [-0.05, 0) is 54.6 Å². The van der Waals surface area contributed by atoms with E-state index in [2.05, 4.69) is 21.2 Å². The first-order valence-corrected chi connectivity index (χ1v) is 11.5. The first kappa shape index (κ1) is 21.9. The van der Waals surface area contributed by atoms with Gasteiger partial charge in [-0.25, -0.2) is 13.6 Å². The number of hydrogen-bond acceptors (Lipinski definition) is 4. The predicted octanol–water partition coefficient (Wildman–Crippen LogP) is 5.59. The first-order valence-electron chi connectivity index (χ1n) is 8.44. The molecule has 0 saturated carbocycles. The second-order valence-electron chi connectivity index (χ2n) is 6.20. The molecule has 0 aliphatic rings. The van der Waals surface area contributed by atoms with Crippen molar-refractivity contribution in [1.29, 1.82) is 0 Å². The number of hydrogen-bond donors (Lipinski definition) is 2. The molecule has 0 fully saturated rings. The normalized spacial score (nSPS) is 11.3. The zero-order chi connectivity index (χ0) is 21.0. The van der Waals surface area contributed by atoms with E-state index >= 15 is 0 Å². The molecule has 5 nitrogen and oxygen atoms in total. The van der Waals surface area contributed by atoms with E-state index in [1.165, 1.54) is 12.1 Å². The lowest BCUT2D eigenvalue weighted by Crippen LogP contribution is -2.12. The monoisotopic (exact) mass is 514 g/mol. The van der Waals surface area contributed by atoms with Crippen molar-refractivity contribution in [2.24, 2.45) is 5.14 Å². The minimum absolute atomic E-state index is 0.0642. The van der Waals surface area contributed by atoms with Gasteiger partial charge >= 0.3 is 0 Å². The fraction of sp³-hybridized carbons (Fsp3) is 0.100. The molecule has 152 valence electrons. The van der Waals surface area contributed by atoms with E-state index in [4.69, 9.17) is 33.1 Å². The van der Waals surface area contributed by atoms with Crippen molar-refractivity contribution in [3.63, 3.8) is 0 Å². The van der Waals surface area contributed by atoms with Gasteiger partial charge in [-0.15, -0.1) is 0 Å². The molecule has 0 spiro atoms. The number of anilines is 1. The Morgan fingerprint density at radius 2 is 1.69 bits per heavy atom. The minimum atomic E-state index is -3.71. The molecule has 0 radical (unpaired) electrons. The summed E-state index contributed by atoms with van der Waals surface area (Å²) in [6.07, 6.45) is 0. The molecule has 0 bridgehead atoms. The Morgan fingerprint density at radius 1 is 0.966 bits per heavy atom. The van der Waals surface area contributed by atoms with Crippen LogP contribution in [0.25, 0.3) is 0 Å². The molecule has 0 aromatic heterocycles. The average molecular weight is 516 g/mol. The highest BCUT2D eigenvalue weighted by Crippen LogP contribution is 2.27. The topological polar surface area (TPSA) is 81.4 Å². The van der Waals surface area contributed by atoms with Gasteiger partial charge in [-0.1, -0.05) is 45.2 Å². The zero-order valence-electron chi connectivity index (χ0n) is 15.0. The molecule has 29 heavy (non-hydrogen) atoms. The third kappa shape index (κ3) is 6.10. The number of nitrogens with two attached hydrogens (primary N) is 1. The number of rotatable bonds is 7. The van der Waals surface area contributed by atoms with Crippen molar-refractivity contribution < 1.29 is 13.2 Å². The molecule has 0 heterocycles. The van der Waals surface area contributed by atoms with Gasteiger partial charge in [0.05, 0.1) is 4.90 Å². The predicted molar refractivity (Wildman–Crippen MR) is 120 cm³/mol. The van der Waals surface area contributed by atoms with Crippen LogP contribution in [0.3, 0.4) is 0 Å². The molecule has 9 heteroatoms. The molecule has 3 aromatic rings. The van der Waals surface area contributed by atoms with Crippen molar-refractivity contribution in [2.45, 2.75) is 18.0 Å². The van der Waals surface area contributed by atoms with Gasteiger partial charge in [0, 0.05) is 37.9 Å². The number of primary sulfonamides is 1. The van der Waals surface area contributed by atoms with E-state index in [9.17, 15) is 8.42 Å². The standard InChI is InChI=1S/C20H17BrCl2N2O3S/c21-15-2-8-20(28-12-13-1-3-16(22)10-19(13)23)14(9-15)11-25-17-4-6-18(7-5-17)29(24,26)27/h1-10,25H,11-12H2,(H2,24,26,27). The second-order valence-corrected chi connectivity index (χ2v) is 9.52. The Morgan fingerprint density at radius 3 is 2.34 bits per heavy atom. The van der Waals surface area contributed by atoms with Gasteiger partial charge in [0.1, 0.15) is 12.4 Å². The van der Waals surface area contributed by atoms with Crippen molar-refractivity contribution in [1.82, 2.24) is 0 Å². The Hall–Kier alpha value is -1.77. The van der Waals surface area contributed by atoms with Crippen molar-refractivity contribution in [3.05, 3.63) is 86.3 Å². The highest BCUT2D eigenvalue weighted by Gasteiger charge is 2.09. The molecule has 3 aromatic carbocycles. The minimum Gasteiger partial charge on any atom is -0.488 e. The molecular weight excluding hydrogens is 499 g/mol. The Kier molecular flexibility index (Phi) is 7.08. The number of benzene rings is 3. The smallest absolute Gasteiger partial charge is 0.238 e. The first-order chi connectivity index (χ1) is 13.7. The highest BCUT2D eigenvalue weighted by molar-refractivity contribution is 9.10. The molecule has 3 N–H and O–H groups in total. The molecule has 0 amide bonds. The van der Waals surface area contributed by atoms with Gasteiger partial charge in [0.25, 0.3) is 0 Å². The van der Waals surface area contributed by atoms with Crippen molar-refractivity contribution in [3.8, 4) is 5.75 Å². The maximum atomic E-state index is 11.4. The number of ether oxygens (including phenoxy) is 1. The molecule has 0 aliphatic heterocycles. The van der Waals surface area contributed by atoms with Crippen LogP contribution < -0.4 is 15.2 Å². The van der Waals surface area contributed by atoms with E-state index in [-0.39, 0.29) is 4.90 Å². The molecule has 0 aliphatic carbocycles. The van der Waals surface area contributed by atoms with Crippen LogP contribution in [0.1, 0.15) is 11.1 Å². The molecule has 0 saturated heterocycles. The second kappa shape index (κ2) is 9.36. The lowest BCUT2D eigenvalue weighted by molar-refractivity contribution is 0.303. The van der Waals surface area contributed by atoms with E-state index in [1.54, 1.807) is 24.3 Å².